The monoisotopic (exact) mass is 401 g/mol. The van der Waals surface area contributed by atoms with Crippen LogP contribution < -0.4 is 16.7 Å². The second-order valence-corrected chi connectivity index (χ2v) is 7.28. The highest BCUT2D eigenvalue weighted by molar-refractivity contribution is 5.75. The Morgan fingerprint density at radius 1 is 0.933 bits per heavy atom. The molecule has 6 rings (SSSR count). The summed E-state index contributed by atoms with van der Waals surface area (Å²) in [5.41, 5.74) is 1.92. The van der Waals surface area contributed by atoms with Crippen LogP contribution in [0, 0.1) is 0 Å². The van der Waals surface area contributed by atoms with Gasteiger partial charge in [-0.1, -0.05) is 0 Å². The third-order valence-corrected chi connectivity index (χ3v) is 5.54. The lowest BCUT2D eigenvalue weighted by molar-refractivity contribution is 0.879. The van der Waals surface area contributed by atoms with Crippen molar-refractivity contribution in [2.24, 2.45) is 0 Å². The Kier molecular flexibility index (Phi) is 3.28. The Labute approximate surface area is 167 Å². The second kappa shape index (κ2) is 5.89. The predicted octanol–water partition coefficient (Wildman–Crippen LogP) is 0.689. The summed E-state index contributed by atoms with van der Waals surface area (Å²) in [5.74, 6) is 0.601. The molecule has 0 radical (unpaired) electrons. The van der Waals surface area contributed by atoms with Crippen LogP contribution in [0.4, 0.5) is 0 Å². The van der Waals surface area contributed by atoms with Crippen LogP contribution in [0.2, 0.25) is 0 Å². The van der Waals surface area contributed by atoms with Gasteiger partial charge in [-0.05, 0) is 37.0 Å². The zero-order valence-corrected chi connectivity index (χ0v) is 15.6. The predicted molar refractivity (Wildman–Crippen MR) is 109 cm³/mol. The van der Waals surface area contributed by atoms with E-state index < -0.39 is 5.56 Å². The minimum Gasteiger partial charge on any atom is -0.324 e. The van der Waals surface area contributed by atoms with Gasteiger partial charge in [-0.25, -0.2) is 9.97 Å². The van der Waals surface area contributed by atoms with Crippen molar-refractivity contribution in [3.05, 3.63) is 85.3 Å². The number of hydrogen-bond acceptors (Lipinski definition) is 5. The lowest BCUT2D eigenvalue weighted by Crippen LogP contribution is -2.22. The lowest BCUT2D eigenvalue weighted by atomic mass is 10.2. The number of fused-ring (bicyclic) bond motifs is 3. The van der Waals surface area contributed by atoms with Gasteiger partial charge in [0.1, 0.15) is 0 Å². The summed E-state index contributed by atoms with van der Waals surface area (Å²) >= 11 is 0. The quantitative estimate of drug-likeness (QED) is 0.451. The first-order valence-corrected chi connectivity index (χ1v) is 9.52. The molecule has 10 nitrogen and oxygen atoms in total. The van der Waals surface area contributed by atoms with Gasteiger partial charge in [0, 0.05) is 30.4 Å². The summed E-state index contributed by atoms with van der Waals surface area (Å²) in [6, 6.07) is 3.63. The fourth-order valence-corrected chi connectivity index (χ4v) is 4.06. The zero-order chi connectivity index (χ0) is 20.4. The van der Waals surface area contributed by atoms with Gasteiger partial charge >= 0.3 is 0 Å². The lowest BCUT2D eigenvalue weighted by Gasteiger charge is -2.04. The largest absolute Gasteiger partial charge is 0.324 e. The summed E-state index contributed by atoms with van der Waals surface area (Å²) in [5, 5.41) is 0. The molecule has 0 saturated heterocycles. The van der Waals surface area contributed by atoms with Crippen molar-refractivity contribution in [1.82, 2.24) is 33.5 Å². The van der Waals surface area contributed by atoms with Gasteiger partial charge in [0.25, 0.3) is 16.7 Å². The van der Waals surface area contributed by atoms with Crippen LogP contribution in [0.25, 0.3) is 28.4 Å². The Bertz CT molecular complexity index is 1650. The van der Waals surface area contributed by atoms with Crippen molar-refractivity contribution in [3.8, 4) is 11.8 Å². The van der Waals surface area contributed by atoms with Crippen LogP contribution in [0.15, 0.2) is 57.5 Å². The number of pyridine rings is 2. The van der Waals surface area contributed by atoms with Crippen molar-refractivity contribution in [2.75, 3.05) is 0 Å². The number of imidazole rings is 2. The molecular formula is C20H15N7O3. The molecule has 2 N–H and O–H groups in total. The van der Waals surface area contributed by atoms with Gasteiger partial charge in [-0.2, -0.15) is 0 Å². The van der Waals surface area contributed by atoms with Crippen LogP contribution in [0.5, 0.6) is 0 Å². The van der Waals surface area contributed by atoms with Crippen molar-refractivity contribution in [3.63, 3.8) is 0 Å². The highest BCUT2D eigenvalue weighted by atomic mass is 16.1. The van der Waals surface area contributed by atoms with Crippen LogP contribution in [-0.2, 0) is 12.8 Å². The average Bonchev–Trinajstić information content (AvgIpc) is 3.47. The first kappa shape index (κ1) is 16.7. The van der Waals surface area contributed by atoms with Gasteiger partial charge in [0.15, 0.2) is 11.3 Å². The maximum atomic E-state index is 13.1. The Morgan fingerprint density at radius 3 is 2.67 bits per heavy atom. The number of H-pyrrole nitrogens is 2. The molecule has 148 valence electrons. The molecule has 0 bridgehead atoms. The Morgan fingerprint density at radius 2 is 1.80 bits per heavy atom. The van der Waals surface area contributed by atoms with Crippen molar-refractivity contribution < 1.29 is 0 Å². The molecule has 0 spiro atoms. The van der Waals surface area contributed by atoms with E-state index in [-0.39, 0.29) is 22.3 Å². The fraction of sp³-hybridized carbons (Fsp3) is 0.150. The number of hydrogen-bond donors (Lipinski definition) is 2. The average molecular weight is 401 g/mol. The van der Waals surface area contributed by atoms with E-state index in [2.05, 4.69) is 19.9 Å². The number of rotatable bonds is 2. The minimum absolute atomic E-state index is 0.107. The second-order valence-electron chi connectivity index (χ2n) is 7.28. The number of aryl methyl sites for hydroxylation is 1. The van der Waals surface area contributed by atoms with E-state index in [1.54, 1.807) is 35.3 Å². The van der Waals surface area contributed by atoms with E-state index in [4.69, 9.17) is 0 Å². The SMILES string of the molecule is O=c1[nH]ccn2cc(-n3ccc4[nH]c(-n5ccc6c(c5=O)CCC6)nc4c3=O)nc12. The zero-order valence-electron chi connectivity index (χ0n) is 15.6. The molecule has 1 aliphatic rings. The molecule has 0 unspecified atom stereocenters. The smallest absolute Gasteiger partial charge is 0.291 e. The van der Waals surface area contributed by atoms with Gasteiger partial charge in [0.05, 0.1) is 11.7 Å². The third-order valence-electron chi connectivity index (χ3n) is 5.54. The van der Waals surface area contributed by atoms with E-state index in [9.17, 15) is 14.4 Å². The van der Waals surface area contributed by atoms with Crippen molar-refractivity contribution in [1.29, 1.82) is 0 Å². The van der Waals surface area contributed by atoms with E-state index in [1.807, 2.05) is 6.07 Å². The molecular weight excluding hydrogens is 386 g/mol. The van der Waals surface area contributed by atoms with E-state index in [0.717, 1.165) is 30.4 Å². The molecule has 5 heterocycles. The highest BCUT2D eigenvalue weighted by Crippen LogP contribution is 2.19. The summed E-state index contributed by atoms with van der Waals surface area (Å²) < 4.78 is 4.31. The molecule has 1 aliphatic carbocycles. The maximum Gasteiger partial charge on any atom is 0.291 e. The standard InChI is InChI=1S/C20H15N7O3/c28-17-16-23-14(10-25(16)9-6-21-17)26-8-5-13-15(19(26)30)24-20(22-13)27-7-4-11-2-1-3-12(11)18(27)29/h4-10H,1-3H2,(H,21,28)(H,22,24). The summed E-state index contributed by atoms with van der Waals surface area (Å²) in [7, 11) is 0. The first-order chi connectivity index (χ1) is 14.6. The van der Waals surface area contributed by atoms with Crippen LogP contribution in [0.3, 0.4) is 0 Å². The van der Waals surface area contributed by atoms with Gasteiger partial charge in [-0.15, -0.1) is 0 Å². The summed E-state index contributed by atoms with van der Waals surface area (Å²) in [4.78, 5) is 52.1. The topological polar surface area (TPSA) is 123 Å². The van der Waals surface area contributed by atoms with Crippen molar-refractivity contribution >= 4 is 16.7 Å². The van der Waals surface area contributed by atoms with Gasteiger partial charge in [0.2, 0.25) is 11.6 Å². The number of aromatic amines is 2. The molecule has 0 atom stereocenters. The summed E-state index contributed by atoms with van der Waals surface area (Å²) in [6.07, 6.45) is 10.6. The highest BCUT2D eigenvalue weighted by Gasteiger charge is 2.19. The Balaban J connectivity index is 1.53. The minimum atomic E-state index is -0.399. The molecule has 0 saturated carbocycles. The molecule has 5 aromatic rings. The van der Waals surface area contributed by atoms with Crippen LogP contribution in [0.1, 0.15) is 17.5 Å². The molecule has 30 heavy (non-hydrogen) atoms. The molecule has 0 amide bonds. The molecule has 0 aromatic carbocycles. The number of aromatic nitrogens is 7. The van der Waals surface area contributed by atoms with Crippen molar-refractivity contribution in [2.45, 2.75) is 19.3 Å². The van der Waals surface area contributed by atoms with E-state index in [0.29, 0.717) is 17.3 Å². The first-order valence-electron chi connectivity index (χ1n) is 9.52. The van der Waals surface area contributed by atoms with Gasteiger partial charge < -0.3 is 9.97 Å². The molecule has 0 aliphatic heterocycles. The summed E-state index contributed by atoms with van der Waals surface area (Å²) in [6.45, 7) is 0. The maximum absolute atomic E-state index is 13.1. The van der Waals surface area contributed by atoms with E-state index in [1.165, 1.54) is 15.3 Å². The Hall–Kier alpha value is -4.21. The normalized spacial score (nSPS) is 13.3. The molecule has 10 heteroatoms. The van der Waals surface area contributed by atoms with E-state index >= 15 is 0 Å². The van der Waals surface area contributed by atoms with Crippen LogP contribution >= 0.6 is 0 Å². The number of nitrogens with zero attached hydrogens (tertiary/aromatic N) is 5. The third kappa shape index (κ3) is 2.27. The molecule has 0 fully saturated rings. The van der Waals surface area contributed by atoms with Crippen LogP contribution in [-0.4, -0.2) is 33.5 Å². The fourth-order valence-electron chi connectivity index (χ4n) is 4.06. The molecule has 5 aromatic heterocycles. The number of nitrogens with one attached hydrogen (secondary N) is 2. The van der Waals surface area contributed by atoms with Gasteiger partial charge in [-0.3, -0.25) is 27.9 Å².